The predicted octanol–water partition coefficient (Wildman–Crippen LogP) is 0.00520. The second kappa shape index (κ2) is 3.93. The van der Waals surface area contributed by atoms with Crippen molar-refractivity contribution in [1.29, 1.82) is 0 Å². The average Bonchev–Trinajstić information content (AvgIpc) is 2.46. The van der Waals surface area contributed by atoms with Gasteiger partial charge in [-0.2, -0.15) is 0 Å². The van der Waals surface area contributed by atoms with Crippen molar-refractivity contribution in [2.75, 3.05) is 14.2 Å². The number of hydrogen-bond donors (Lipinski definition) is 0. The molecule has 0 bridgehead atoms. The van der Waals surface area contributed by atoms with Crippen molar-refractivity contribution in [3.05, 3.63) is 11.8 Å². The Morgan fingerprint density at radius 3 is 2.85 bits per heavy atom. The monoisotopic (exact) mass is 186 g/mol. The Morgan fingerprint density at radius 2 is 2.31 bits per heavy atom. The third-order valence-electron chi connectivity index (χ3n) is 1.65. The van der Waals surface area contributed by atoms with Crippen molar-refractivity contribution in [3.63, 3.8) is 0 Å². The molecule has 0 spiro atoms. The Kier molecular flexibility index (Phi) is 2.89. The molecule has 0 radical (unpaired) electrons. The molecular weight excluding hydrogens is 176 g/mol. The third-order valence-corrected chi connectivity index (χ3v) is 1.65. The third kappa shape index (κ3) is 2.21. The van der Waals surface area contributed by atoms with Crippen molar-refractivity contribution >= 4 is 11.9 Å². The Balaban J connectivity index is 2.57. The van der Waals surface area contributed by atoms with Crippen LogP contribution in [0, 0.1) is 0 Å². The highest BCUT2D eigenvalue weighted by Gasteiger charge is 2.29. The fourth-order valence-electron chi connectivity index (χ4n) is 1.01. The van der Waals surface area contributed by atoms with Crippen molar-refractivity contribution in [2.45, 2.75) is 12.5 Å². The van der Waals surface area contributed by atoms with Gasteiger partial charge in [0.05, 0.1) is 26.7 Å². The van der Waals surface area contributed by atoms with Crippen LogP contribution in [0.1, 0.15) is 6.42 Å². The number of cyclic esters (lactones) is 1. The molecule has 0 aromatic carbocycles. The van der Waals surface area contributed by atoms with E-state index in [9.17, 15) is 9.59 Å². The van der Waals surface area contributed by atoms with Crippen LogP contribution in [0.2, 0.25) is 0 Å². The van der Waals surface area contributed by atoms with Crippen molar-refractivity contribution in [2.24, 2.45) is 0 Å². The number of esters is 2. The van der Waals surface area contributed by atoms with Gasteiger partial charge in [-0.15, -0.1) is 0 Å². The minimum Gasteiger partial charge on any atom is -0.497 e. The number of ether oxygens (including phenoxy) is 3. The molecule has 1 rings (SSSR count). The highest BCUT2D eigenvalue weighted by molar-refractivity contribution is 5.86. The predicted molar refractivity (Wildman–Crippen MR) is 41.6 cm³/mol. The van der Waals surface area contributed by atoms with E-state index in [0.717, 1.165) is 0 Å². The molecular formula is C8H10O5. The molecule has 0 aromatic rings. The Labute approximate surface area is 75.3 Å². The van der Waals surface area contributed by atoms with Gasteiger partial charge in [0.2, 0.25) is 0 Å². The molecule has 0 amide bonds. The first-order valence-corrected chi connectivity index (χ1v) is 3.70. The van der Waals surface area contributed by atoms with E-state index in [2.05, 4.69) is 4.74 Å². The van der Waals surface area contributed by atoms with E-state index in [1.807, 2.05) is 0 Å². The Bertz CT molecular complexity index is 255. The van der Waals surface area contributed by atoms with Gasteiger partial charge < -0.3 is 14.2 Å². The zero-order valence-electron chi connectivity index (χ0n) is 7.40. The Hall–Kier alpha value is -1.52. The van der Waals surface area contributed by atoms with Crippen molar-refractivity contribution in [1.82, 2.24) is 0 Å². The normalized spacial score (nSPS) is 20.6. The molecule has 5 heteroatoms. The second-order valence-electron chi connectivity index (χ2n) is 2.46. The lowest BCUT2D eigenvalue weighted by molar-refractivity contribution is -0.147. The number of hydrogen-bond acceptors (Lipinski definition) is 5. The van der Waals surface area contributed by atoms with Crippen molar-refractivity contribution < 1.29 is 23.8 Å². The standard InChI is InChI=1S/C8H10O5/c1-11-5-3-8(10)13-6(5)4-7(9)12-2/h3,6H,4H2,1-2H3. The van der Waals surface area contributed by atoms with E-state index in [0.29, 0.717) is 5.76 Å². The molecule has 0 fully saturated rings. The molecule has 0 aliphatic carbocycles. The van der Waals surface area contributed by atoms with Crippen LogP contribution < -0.4 is 0 Å². The molecule has 1 unspecified atom stereocenters. The Morgan fingerprint density at radius 1 is 1.62 bits per heavy atom. The first kappa shape index (κ1) is 9.57. The molecule has 0 saturated heterocycles. The number of carbonyl (C=O) groups excluding carboxylic acids is 2. The molecule has 0 saturated carbocycles. The van der Waals surface area contributed by atoms with Crippen LogP contribution in [0.5, 0.6) is 0 Å². The van der Waals surface area contributed by atoms with Gasteiger partial charge in [0.1, 0.15) is 5.76 Å². The number of carbonyl (C=O) groups is 2. The van der Waals surface area contributed by atoms with Crippen molar-refractivity contribution in [3.8, 4) is 0 Å². The summed E-state index contributed by atoms with van der Waals surface area (Å²) in [7, 11) is 2.69. The molecule has 1 atom stereocenters. The summed E-state index contributed by atoms with van der Waals surface area (Å²) in [6.07, 6.45) is 0.570. The fraction of sp³-hybridized carbons (Fsp3) is 0.500. The summed E-state index contributed by atoms with van der Waals surface area (Å²) in [6, 6.07) is 0. The van der Waals surface area contributed by atoms with Gasteiger partial charge in [-0.05, 0) is 0 Å². The lowest BCUT2D eigenvalue weighted by Crippen LogP contribution is -2.18. The minimum atomic E-state index is -0.634. The van der Waals surface area contributed by atoms with Gasteiger partial charge in [0.15, 0.2) is 6.10 Å². The zero-order valence-corrected chi connectivity index (χ0v) is 7.40. The van der Waals surface area contributed by atoms with E-state index < -0.39 is 18.0 Å². The van der Waals surface area contributed by atoms with Crippen LogP contribution in [0.4, 0.5) is 0 Å². The summed E-state index contributed by atoms with van der Waals surface area (Å²) >= 11 is 0. The fourth-order valence-corrected chi connectivity index (χ4v) is 1.01. The van der Waals surface area contributed by atoms with Gasteiger partial charge in [-0.1, -0.05) is 0 Å². The summed E-state index contributed by atoms with van der Waals surface area (Å²) in [5, 5.41) is 0. The maximum atomic E-state index is 10.8. The van der Waals surface area contributed by atoms with Gasteiger partial charge in [0, 0.05) is 0 Å². The molecule has 1 heterocycles. The molecule has 0 N–H and O–H groups in total. The molecule has 1 aliphatic rings. The van der Waals surface area contributed by atoms with Gasteiger partial charge >= 0.3 is 11.9 Å². The van der Waals surface area contributed by atoms with Crippen LogP contribution in [-0.4, -0.2) is 32.3 Å². The van der Waals surface area contributed by atoms with Gasteiger partial charge in [-0.3, -0.25) is 4.79 Å². The van der Waals surface area contributed by atoms with Gasteiger partial charge in [0.25, 0.3) is 0 Å². The van der Waals surface area contributed by atoms with Crippen LogP contribution in [0.25, 0.3) is 0 Å². The van der Waals surface area contributed by atoms with E-state index in [1.165, 1.54) is 20.3 Å². The largest absolute Gasteiger partial charge is 0.497 e. The summed E-state index contributed by atoms with van der Waals surface area (Å²) in [4.78, 5) is 21.6. The molecule has 1 aliphatic heterocycles. The molecule has 0 aromatic heterocycles. The van der Waals surface area contributed by atoms with Crippen LogP contribution in [0.15, 0.2) is 11.8 Å². The lowest BCUT2D eigenvalue weighted by Gasteiger charge is -2.10. The second-order valence-corrected chi connectivity index (χ2v) is 2.46. The maximum Gasteiger partial charge on any atom is 0.335 e. The average molecular weight is 186 g/mol. The van der Waals surface area contributed by atoms with E-state index in [1.54, 1.807) is 0 Å². The summed E-state index contributed by atoms with van der Waals surface area (Å²) in [5.41, 5.74) is 0. The van der Waals surface area contributed by atoms with E-state index in [4.69, 9.17) is 9.47 Å². The van der Waals surface area contributed by atoms with Crippen LogP contribution in [0.3, 0.4) is 0 Å². The highest BCUT2D eigenvalue weighted by atomic mass is 16.6. The topological polar surface area (TPSA) is 61.8 Å². The molecule has 5 nitrogen and oxygen atoms in total. The smallest absolute Gasteiger partial charge is 0.335 e. The quantitative estimate of drug-likeness (QED) is 0.581. The summed E-state index contributed by atoms with van der Waals surface area (Å²) in [6.45, 7) is 0. The molecule has 13 heavy (non-hydrogen) atoms. The SMILES string of the molecule is COC(=O)CC1OC(=O)C=C1OC. The van der Waals surface area contributed by atoms with Crippen LogP contribution >= 0.6 is 0 Å². The highest BCUT2D eigenvalue weighted by Crippen LogP contribution is 2.19. The van der Waals surface area contributed by atoms with E-state index in [-0.39, 0.29) is 6.42 Å². The summed E-state index contributed by atoms with van der Waals surface area (Å²) < 4.78 is 14.1. The van der Waals surface area contributed by atoms with Crippen LogP contribution in [-0.2, 0) is 23.8 Å². The zero-order chi connectivity index (χ0) is 9.84. The number of methoxy groups -OCH3 is 2. The summed E-state index contributed by atoms with van der Waals surface area (Å²) in [5.74, 6) is -0.580. The first-order chi connectivity index (χ1) is 6.17. The molecule has 72 valence electrons. The van der Waals surface area contributed by atoms with Gasteiger partial charge in [-0.25, -0.2) is 4.79 Å². The number of rotatable bonds is 3. The van der Waals surface area contributed by atoms with E-state index >= 15 is 0 Å². The lowest BCUT2D eigenvalue weighted by atomic mass is 10.2. The minimum absolute atomic E-state index is 0.0120. The maximum absolute atomic E-state index is 10.8. The first-order valence-electron chi connectivity index (χ1n) is 3.70.